The van der Waals surface area contributed by atoms with Crippen molar-refractivity contribution in [3.05, 3.63) is 10.0 Å². The molecule has 0 aliphatic heterocycles. The summed E-state index contributed by atoms with van der Waals surface area (Å²) in [6, 6.07) is 0. The fourth-order valence-electron chi connectivity index (χ4n) is 1.74. The highest BCUT2D eigenvalue weighted by Gasteiger charge is 2.14. The number of nitrogens with two attached hydrogens (primary N) is 1. The molecule has 0 fully saturated rings. The first kappa shape index (κ1) is 13.6. The fourth-order valence-corrected chi connectivity index (χ4v) is 2.84. The molecule has 0 aromatic carbocycles. The number of hydrogen-bond acceptors (Lipinski definition) is 4. The summed E-state index contributed by atoms with van der Waals surface area (Å²) in [6.45, 7) is 5.21. The Kier molecular flexibility index (Phi) is 6.57. The molecule has 2 N–H and O–H groups in total. The van der Waals surface area contributed by atoms with Crippen molar-refractivity contribution in [2.24, 2.45) is 5.73 Å². The summed E-state index contributed by atoms with van der Waals surface area (Å²) in [4.78, 5) is 0. The van der Waals surface area contributed by atoms with Crippen molar-refractivity contribution in [3.8, 4) is 0 Å². The van der Waals surface area contributed by atoms with Gasteiger partial charge in [-0.2, -0.15) is 0 Å². The lowest BCUT2D eigenvalue weighted by molar-refractivity contribution is 0.563. The second-order valence-electron chi connectivity index (χ2n) is 4.17. The molecule has 0 radical (unpaired) electrons. The number of nitrogens with zero attached hydrogens (tertiary/aromatic N) is 2. The number of aromatic nitrogens is 2. The van der Waals surface area contributed by atoms with Gasteiger partial charge in [0.1, 0.15) is 10.0 Å². The van der Waals surface area contributed by atoms with E-state index in [-0.39, 0.29) is 0 Å². The Bertz CT molecular complexity index is 286. The zero-order valence-corrected chi connectivity index (χ0v) is 11.2. The largest absolute Gasteiger partial charge is 0.330 e. The van der Waals surface area contributed by atoms with Gasteiger partial charge in [-0.15, -0.1) is 21.5 Å². The molecule has 0 saturated carbocycles. The monoisotopic (exact) mass is 241 g/mol. The molecule has 0 saturated heterocycles. The van der Waals surface area contributed by atoms with Gasteiger partial charge in [0.2, 0.25) is 0 Å². The second kappa shape index (κ2) is 7.74. The second-order valence-corrected chi connectivity index (χ2v) is 5.27. The first-order chi connectivity index (χ1) is 7.81. The molecule has 1 atom stereocenters. The molecule has 0 spiro atoms. The zero-order chi connectivity index (χ0) is 11.8. The highest BCUT2D eigenvalue weighted by atomic mass is 32.1. The van der Waals surface area contributed by atoms with Crippen molar-refractivity contribution in [3.63, 3.8) is 0 Å². The van der Waals surface area contributed by atoms with Crippen LogP contribution in [-0.2, 0) is 6.42 Å². The Hall–Kier alpha value is -0.480. The molecule has 92 valence electrons. The van der Waals surface area contributed by atoms with E-state index in [1.165, 1.54) is 30.7 Å². The molecule has 0 aliphatic carbocycles. The van der Waals surface area contributed by atoms with Crippen LogP contribution in [-0.4, -0.2) is 16.7 Å². The molecule has 1 aromatic heterocycles. The SMILES string of the molecule is CCCCC(CC)c1nnc(CCCN)s1. The lowest BCUT2D eigenvalue weighted by Gasteiger charge is -2.09. The minimum atomic E-state index is 0.615. The Labute approximate surface area is 102 Å². The van der Waals surface area contributed by atoms with Crippen LogP contribution < -0.4 is 5.73 Å². The van der Waals surface area contributed by atoms with Crippen molar-refractivity contribution < 1.29 is 0 Å². The van der Waals surface area contributed by atoms with Crippen LogP contribution in [0.4, 0.5) is 0 Å². The van der Waals surface area contributed by atoms with Gasteiger partial charge in [0, 0.05) is 12.3 Å². The van der Waals surface area contributed by atoms with Crippen LogP contribution in [0.25, 0.3) is 0 Å². The average Bonchev–Trinajstić information content (AvgIpc) is 2.76. The molecule has 1 rings (SSSR count). The predicted molar refractivity (Wildman–Crippen MR) is 69.8 cm³/mol. The van der Waals surface area contributed by atoms with Gasteiger partial charge >= 0.3 is 0 Å². The lowest BCUT2D eigenvalue weighted by atomic mass is 10.0. The van der Waals surface area contributed by atoms with E-state index in [1.807, 2.05) is 0 Å². The Balaban J connectivity index is 2.52. The van der Waals surface area contributed by atoms with E-state index in [0.717, 1.165) is 24.4 Å². The minimum Gasteiger partial charge on any atom is -0.330 e. The summed E-state index contributed by atoms with van der Waals surface area (Å²) in [5.41, 5.74) is 5.49. The molecule has 1 heterocycles. The Morgan fingerprint density at radius 2 is 2.06 bits per heavy atom. The third kappa shape index (κ3) is 4.18. The summed E-state index contributed by atoms with van der Waals surface area (Å²) in [5, 5.41) is 10.9. The normalized spacial score (nSPS) is 12.9. The average molecular weight is 241 g/mol. The highest BCUT2D eigenvalue weighted by molar-refractivity contribution is 7.11. The third-order valence-electron chi connectivity index (χ3n) is 2.83. The zero-order valence-electron chi connectivity index (χ0n) is 10.4. The van der Waals surface area contributed by atoms with Gasteiger partial charge in [0.15, 0.2) is 0 Å². The van der Waals surface area contributed by atoms with Crippen LogP contribution in [0.15, 0.2) is 0 Å². The van der Waals surface area contributed by atoms with Crippen LogP contribution >= 0.6 is 11.3 Å². The molecular formula is C12H23N3S. The summed E-state index contributed by atoms with van der Waals surface area (Å²) >= 11 is 1.78. The van der Waals surface area contributed by atoms with E-state index in [9.17, 15) is 0 Å². The van der Waals surface area contributed by atoms with Gasteiger partial charge in [-0.1, -0.05) is 26.7 Å². The van der Waals surface area contributed by atoms with Crippen LogP contribution in [0.5, 0.6) is 0 Å². The maximum atomic E-state index is 5.49. The quantitative estimate of drug-likeness (QED) is 0.761. The van der Waals surface area contributed by atoms with Crippen LogP contribution in [0.2, 0.25) is 0 Å². The van der Waals surface area contributed by atoms with Crippen molar-refractivity contribution in [2.75, 3.05) is 6.54 Å². The summed E-state index contributed by atoms with van der Waals surface area (Å²) < 4.78 is 0. The molecule has 1 unspecified atom stereocenters. The van der Waals surface area contributed by atoms with Crippen molar-refractivity contribution in [1.82, 2.24) is 10.2 Å². The Morgan fingerprint density at radius 3 is 2.69 bits per heavy atom. The summed E-state index contributed by atoms with van der Waals surface area (Å²) in [5.74, 6) is 0.615. The van der Waals surface area contributed by atoms with Crippen LogP contribution in [0, 0.1) is 0 Å². The van der Waals surface area contributed by atoms with Gasteiger partial charge in [-0.05, 0) is 25.8 Å². The molecule has 3 nitrogen and oxygen atoms in total. The van der Waals surface area contributed by atoms with Gasteiger partial charge < -0.3 is 5.73 Å². The molecule has 16 heavy (non-hydrogen) atoms. The first-order valence-corrected chi connectivity index (χ1v) is 7.15. The van der Waals surface area contributed by atoms with Gasteiger partial charge in [0.05, 0.1) is 0 Å². The maximum Gasteiger partial charge on any atom is 0.120 e. The van der Waals surface area contributed by atoms with Gasteiger partial charge in [-0.25, -0.2) is 0 Å². The molecular weight excluding hydrogens is 218 g/mol. The van der Waals surface area contributed by atoms with E-state index >= 15 is 0 Å². The summed E-state index contributed by atoms with van der Waals surface area (Å²) in [6.07, 6.45) is 6.97. The smallest absolute Gasteiger partial charge is 0.120 e. The number of hydrogen-bond donors (Lipinski definition) is 1. The highest BCUT2D eigenvalue weighted by Crippen LogP contribution is 2.28. The van der Waals surface area contributed by atoms with E-state index < -0.39 is 0 Å². The molecule has 0 amide bonds. The topological polar surface area (TPSA) is 51.8 Å². The minimum absolute atomic E-state index is 0.615. The standard InChI is InChI=1S/C12H23N3S/c1-3-5-7-10(4-2)12-15-14-11(16-12)8-6-9-13/h10H,3-9,13H2,1-2H3. The number of unbranched alkanes of at least 4 members (excludes halogenated alkanes) is 1. The maximum absolute atomic E-state index is 5.49. The van der Waals surface area contributed by atoms with Crippen molar-refractivity contribution in [2.45, 2.75) is 58.3 Å². The van der Waals surface area contributed by atoms with Crippen molar-refractivity contribution >= 4 is 11.3 Å². The van der Waals surface area contributed by atoms with Gasteiger partial charge in [0.25, 0.3) is 0 Å². The fraction of sp³-hybridized carbons (Fsp3) is 0.833. The van der Waals surface area contributed by atoms with E-state index in [2.05, 4.69) is 24.0 Å². The Morgan fingerprint density at radius 1 is 1.25 bits per heavy atom. The predicted octanol–water partition coefficient (Wildman–Crippen LogP) is 3.11. The van der Waals surface area contributed by atoms with E-state index in [0.29, 0.717) is 5.92 Å². The summed E-state index contributed by atoms with van der Waals surface area (Å²) in [7, 11) is 0. The lowest BCUT2D eigenvalue weighted by Crippen LogP contribution is -1.99. The first-order valence-electron chi connectivity index (χ1n) is 6.34. The molecule has 0 bridgehead atoms. The molecule has 1 aromatic rings. The number of aryl methyl sites for hydroxylation is 1. The van der Waals surface area contributed by atoms with Crippen LogP contribution in [0.3, 0.4) is 0 Å². The van der Waals surface area contributed by atoms with Crippen LogP contribution in [0.1, 0.15) is 61.9 Å². The van der Waals surface area contributed by atoms with Gasteiger partial charge in [-0.3, -0.25) is 0 Å². The van der Waals surface area contributed by atoms with Crippen molar-refractivity contribution in [1.29, 1.82) is 0 Å². The third-order valence-corrected chi connectivity index (χ3v) is 3.97. The van der Waals surface area contributed by atoms with E-state index in [1.54, 1.807) is 11.3 Å². The van der Waals surface area contributed by atoms with E-state index in [4.69, 9.17) is 5.73 Å². The number of rotatable bonds is 8. The molecule has 0 aliphatic rings. The molecule has 4 heteroatoms.